The molecule has 0 unspecified atom stereocenters. The molecule has 0 saturated heterocycles. The molecular weight excluding hydrogens is 825 g/mol. The highest BCUT2D eigenvalue weighted by Crippen LogP contribution is 2.41. The SMILES string of the molecule is c1ccc(-c2ccc(N(c3ccc(-c4ccccc4)cc3)c3ccc(-c4nccnc4-c4ccc(N(c5ccc(-c6ccccc6)cc5)c5ccc(-c6ccccc6)cc5)cc4)cc3)cc2)cc1. The zero-order valence-corrected chi connectivity index (χ0v) is 37.3. The van der Waals surface area contributed by atoms with Gasteiger partial charge in [0.05, 0.1) is 11.4 Å². The highest BCUT2D eigenvalue weighted by Gasteiger charge is 2.18. The molecule has 0 N–H and O–H groups in total. The van der Waals surface area contributed by atoms with Crippen LogP contribution in [0.5, 0.6) is 0 Å². The summed E-state index contributed by atoms with van der Waals surface area (Å²) in [4.78, 5) is 14.5. The molecule has 0 amide bonds. The van der Waals surface area contributed by atoms with Crippen LogP contribution in [0.15, 0.2) is 279 Å². The maximum atomic E-state index is 4.93. The van der Waals surface area contributed by atoms with Crippen LogP contribution in [0.1, 0.15) is 0 Å². The van der Waals surface area contributed by atoms with E-state index >= 15 is 0 Å². The predicted molar refractivity (Wildman–Crippen MR) is 284 cm³/mol. The van der Waals surface area contributed by atoms with Crippen LogP contribution in [-0.4, -0.2) is 9.97 Å². The Morgan fingerprint density at radius 1 is 0.176 bits per heavy atom. The number of rotatable bonds is 12. The molecule has 0 aliphatic carbocycles. The van der Waals surface area contributed by atoms with Gasteiger partial charge in [0.25, 0.3) is 0 Å². The second-order valence-corrected chi connectivity index (χ2v) is 16.7. The van der Waals surface area contributed by atoms with Crippen molar-refractivity contribution in [3.05, 3.63) is 279 Å². The number of nitrogens with zero attached hydrogens (tertiary/aromatic N) is 4. The maximum Gasteiger partial charge on any atom is 0.0965 e. The molecule has 322 valence electrons. The third-order valence-corrected chi connectivity index (χ3v) is 12.4. The van der Waals surface area contributed by atoms with Crippen LogP contribution < -0.4 is 9.80 Å². The molecule has 10 aromatic carbocycles. The minimum Gasteiger partial charge on any atom is -0.311 e. The molecule has 0 radical (unpaired) electrons. The van der Waals surface area contributed by atoms with Crippen molar-refractivity contribution < 1.29 is 0 Å². The molecule has 0 aliphatic heterocycles. The van der Waals surface area contributed by atoms with Gasteiger partial charge < -0.3 is 9.80 Å². The van der Waals surface area contributed by atoms with Gasteiger partial charge >= 0.3 is 0 Å². The first-order valence-corrected chi connectivity index (χ1v) is 23.0. The third kappa shape index (κ3) is 8.82. The Morgan fingerprint density at radius 3 is 0.559 bits per heavy atom. The monoisotopic (exact) mass is 870 g/mol. The Morgan fingerprint density at radius 2 is 0.353 bits per heavy atom. The fraction of sp³-hybridized carbons (Fsp3) is 0. The summed E-state index contributed by atoms with van der Waals surface area (Å²) in [5.41, 5.74) is 19.4. The number of anilines is 6. The van der Waals surface area contributed by atoms with Crippen LogP contribution in [0.3, 0.4) is 0 Å². The molecule has 1 heterocycles. The summed E-state index contributed by atoms with van der Waals surface area (Å²) < 4.78 is 0. The Balaban J connectivity index is 0.911. The van der Waals surface area contributed by atoms with Crippen molar-refractivity contribution in [1.29, 1.82) is 0 Å². The maximum absolute atomic E-state index is 4.93. The lowest BCUT2D eigenvalue weighted by molar-refractivity contribution is 1.21. The Bertz CT molecular complexity index is 2960. The van der Waals surface area contributed by atoms with Crippen LogP contribution in [0.25, 0.3) is 67.0 Å². The average Bonchev–Trinajstić information content (AvgIpc) is 3.43. The van der Waals surface area contributed by atoms with E-state index < -0.39 is 0 Å². The average molecular weight is 871 g/mol. The molecule has 0 aliphatic rings. The van der Waals surface area contributed by atoms with Gasteiger partial charge in [0.1, 0.15) is 0 Å². The zero-order chi connectivity index (χ0) is 45.5. The fourth-order valence-corrected chi connectivity index (χ4v) is 8.93. The van der Waals surface area contributed by atoms with Crippen molar-refractivity contribution in [1.82, 2.24) is 9.97 Å². The lowest BCUT2D eigenvalue weighted by atomic mass is 10.0. The smallest absolute Gasteiger partial charge is 0.0965 e. The van der Waals surface area contributed by atoms with Gasteiger partial charge in [0, 0.05) is 57.6 Å². The second-order valence-electron chi connectivity index (χ2n) is 16.7. The van der Waals surface area contributed by atoms with Gasteiger partial charge in [0.15, 0.2) is 0 Å². The molecule has 0 fully saturated rings. The second kappa shape index (κ2) is 19.2. The molecule has 1 aromatic heterocycles. The predicted octanol–water partition coefficient (Wildman–Crippen LogP) is 17.4. The highest BCUT2D eigenvalue weighted by atomic mass is 15.1. The highest BCUT2D eigenvalue weighted by molar-refractivity contribution is 5.85. The van der Waals surface area contributed by atoms with Crippen molar-refractivity contribution in [3.63, 3.8) is 0 Å². The topological polar surface area (TPSA) is 32.3 Å². The van der Waals surface area contributed by atoms with Gasteiger partial charge in [-0.05, 0) is 117 Å². The minimum absolute atomic E-state index is 0.822. The van der Waals surface area contributed by atoms with Crippen LogP contribution in [0.4, 0.5) is 34.1 Å². The molecule has 0 atom stereocenters. The number of hydrogen-bond acceptors (Lipinski definition) is 4. The lowest BCUT2D eigenvalue weighted by Crippen LogP contribution is -2.10. The van der Waals surface area contributed by atoms with E-state index in [1.54, 1.807) is 12.4 Å². The summed E-state index contributed by atoms with van der Waals surface area (Å²) in [7, 11) is 0. The van der Waals surface area contributed by atoms with E-state index in [9.17, 15) is 0 Å². The van der Waals surface area contributed by atoms with E-state index in [0.29, 0.717) is 0 Å². The molecule has 0 spiro atoms. The number of benzene rings is 10. The standard InChI is InChI=1S/C64H46N4/c1-5-13-47(14-6-1)51-21-33-57(34-22-51)67(58-35-23-52(24-36-58)48-15-7-2-8-16-48)61-41-29-55(30-42-61)63-64(66-46-45-65-63)56-31-43-62(44-32-56)68(59-37-25-53(26-38-59)49-17-9-3-10-18-49)60-39-27-54(28-40-60)50-19-11-4-12-20-50/h1-46H. The summed E-state index contributed by atoms with van der Waals surface area (Å²) >= 11 is 0. The number of hydrogen-bond donors (Lipinski definition) is 0. The van der Waals surface area contributed by atoms with E-state index in [2.05, 4.69) is 277 Å². The molecule has 11 aromatic rings. The quantitative estimate of drug-likeness (QED) is 0.122. The first-order valence-electron chi connectivity index (χ1n) is 23.0. The van der Waals surface area contributed by atoms with Crippen LogP contribution in [0.2, 0.25) is 0 Å². The van der Waals surface area contributed by atoms with Gasteiger partial charge in [-0.2, -0.15) is 0 Å². The van der Waals surface area contributed by atoms with Gasteiger partial charge in [-0.15, -0.1) is 0 Å². The summed E-state index contributed by atoms with van der Waals surface area (Å²) in [6.45, 7) is 0. The molecule has 0 saturated carbocycles. The van der Waals surface area contributed by atoms with E-state index in [4.69, 9.17) is 9.97 Å². The van der Waals surface area contributed by atoms with Crippen molar-refractivity contribution in [3.8, 4) is 67.0 Å². The van der Waals surface area contributed by atoms with Crippen molar-refractivity contribution in [2.24, 2.45) is 0 Å². The van der Waals surface area contributed by atoms with E-state index in [0.717, 1.165) is 56.6 Å². The normalized spacial score (nSPS) is 10.9. The molecule has 11 rings (SSSR count). The van der Waals surface area contributed by atoms with Crippen molar-refractivity contribution in [2.45, 2.75) is 0 Å². The molecule has 0 bridgehead atoms. The van der Waals surface area contributed by atoms with E-state index in [1.165, 1.54) is 44.5 Å². The van der Waals surface area contributed by atoms with Gasteiger partial charge in [-0.25, -0.2) is 0 Å². The van der Waals surface area contributed by atoms with E-state index in [-0.39, 0.29) is 0 Å². The summed E-state index contributed by atoms with van der Waals surface area (Å²) in [5, 5.41) is 0. The molecular formula is C64H46N4. The van der Waals surface area contributed by atoms with Crippen LogP contribution in [-0.2, 0) is 0 Å². The van der Waals surface area contributed by atoms with E-state index in [1.807, 2.05) is 0 Å². The summed E-state index contributed by atoms with van der Waals surface area (Å²) in [6.07, 6.45) is 3.55. The molecule has 4 heteroatoms. The first kappa shape index (κ1) is 41.6. The van der Waals surface area contributed by atoms with Gasteiger partial charge in [-0.1, -0.05) is 194 Å². The molecule has 4 nitrogen and oxygen atoms in total. The van der Waals surface area contributed by atoms with Crippen LogP contribution in [0, 0.1) is 0 Å². The molecule has 68 heavy (non-hydrogen) atoms. The zero-order valence-electron chi connectivity index (χ0n) is 37.3. The minimum atomic E-state index is 0.822. The number of aromatic nitrogens is 2. The Hall–Kier alpha value is -9.12. The van der Waals surface area contributed by atoms with Crippen molar-refractivity contribution in [2.75, 3.05) is 9.80 Å². The van der Waals surface area contributed by atoms with Crippen molar-refractivity contribution >= 4 is 34.1 Å². The third-order valence-electron chi connectivity index (χ3n) is 12.4. The van der Waals surface area contributed by atoms with Gasteiger partial charge in [0.2, 0.25) is 0 Å². The Kier molecular flexibility index (Phi) is 11.7. The summed E-state index contributed by atoms with van der Waals surface area (Å²) in [5.74, 6) is 0. The largest absolute Gasteiger partial charge is 0.311 e. The summed E-state index contributed by atoms with van der Waals surface area (Å²) in [6, 6.07) is 94.6. The van der Waals surface area contributed by atoms with Crippen LogP contribution >= 0.6 is 0 Å². The fourth-order valence-electron chi connectivity index (χ4n) is 8.93. The van der Waals surface area contributed by atoms with Gasteiger partial charge in [-0.3, -0.25) is 9.97 Å². The lowest BCUT2D eigenvalue weighted by Gasteiger charge is -2.26. The Labute approximate surface area is 398 Å². The first-order chi connectivity index (χ1) is 33.7.